The first-order valence-corrected chi connectivity index (χ1v) is 7.62. The van der Waals surface area contributed by atoms with E-state index in [1.54, 1.807) is 0 Å². The van der Waals surface area contributed by atoms with Crippen LogP contribution in [0.3, 0.4) is 0 Å². The third kappa shape index (κ3) is 3.81. The van der Waals surface area contributed by atoms with Crippen LogP contribution >= 0.6 is 0 Å². The number of carbonyl (C=O) groups is 1. The molecule has 0 bridgehead atoms. The summed E-state index contributed by atoms with van der Waals surface area (Å²) in [6, 6.07) is 3.59. The van der Waals surface area contributed by atoms with E-state index in [1.165, 1.54) is 11.0 Å². The van der Waals surface area contributed by atoms with Crippen LogP contribution in [0.15, 0.2) is 18.2 Å². The molecule has 1 amide bonds. The van der Waals surface area contributed by atoms with Gasteiger partial charge in [-0.2, -0.15) is 0 Å². The van der Waals surface area contributed by atoms with Gasteiger partial charge in [-0.25, -0.2) is 8.78 Å². The fraction of sp³-hybridized carbons (Fsp3) is 0.562. The second-order valence-corrected chi connectivity index (χ2v) is 5.79. The van der Waals surface area contributed by atoms with Crippen molar-refractivity contribution in [1.29, 1.82) is 0 Å². The summed E-state index contributed by atoms with van der Waals surface area (Å²) in [7, 11) is 0. The number of carbonyl (C=O) groups excluding carboxylic acids is 1. The van der Waals surface area contributed by atoms with Gasteiger partial charge in [-0.3, -0.25) is 4.79 Å². The maximum absolute atomic E-state index is 13.3. The minimum atomic E-state index is -1.41. The molecule has 4 nitrogen and oxygen atoms in total. The van der Waals surface area contributed by atoms with Crippen molar-refractivity contribution in [2.45, 2.75) is 38.3 Å². The van der Waals surface area contributed by atoms with Crippen molar-refractivity contribution in [2.24, 2.45) is 0 Å². The topological polar surface area (TPSA) is 52.6 Å². The monoisotopic (exact) mass is 312 g/mol. The third-order valence-electron chi connectivity index (χ3n) is 3.91. The molecule has 1 aromatic carbocycles. The van der Waals surface area contributed by atoms with Crippen molar-refractivity contribution < 1.29 is 18.7 Å². The summed E-state index contributed by atoms with van der Waals surface area (Å²) < 4.78 is 26.2. The Morgan fingerprint density at radius 3 is 2.82 bits per heavy atom. The number of piperidine rings is 1. The van der Waals surface area contributed by atoms with Gasteiger partial charge in [0.2, 0.25) is 0 Å². The predicted octanol–water partition coefficient (Wildman–Crippen LogP) is 1.82. The smallest absolute Gasteiger partial charge is 0.256 e. The Labute approximate surface area is 129 Å². The molecule has 1 fully saturated rings. The van der Waals surface area contributed by atoms with Crippen molar-refractivity contribution in [3.8, 4) is 0 Å². The standard InChI is InChI=1S/C16H22F2N2O2/c1-2-7-19-11-16(22)6-3-8-20(15(16)21)10-12-4-5-13(17)14(18)9-12/h4-5,9,19,22H,2-3,6-8,10-11H2,1H3. The summed E-state index contributed by atoms with van der Waals surface area (Å²) in [6.45, 7) is 3.64. The molecule has 0 spiro atoms. The second kappa shape index (κ2) is 7.15. The molecule has 0 aliphatic carbocycles. The Morgan fingerprint density at radius 2 is 2.14 bits per heavy atom. The maximum atomic E-state index is 13.3. The highest BCUT2D eigenvalue weighted by molar-refractivity contribution is 5.86. The Bertz CT molecular complexity index is 539. The summed E-state index contributed by atoms with van der Waals surface area (Å²) in [5, 5.41) is 13.6. The number of benzene rings is 1. The van der Waals surface area contributed by atoms with E-state index in [-0.39, 0.29) is 19.0 Å². The Kier molecular flexibility index (Phi) is 5.47. The van der Waals surface area contributed by atoms with E-state index >= 15 is 0 Å². The van der Waals surface area contributed by atoms with Gasteiger partial charge in [0, 0.05) is 19.6 Å². The lowest BCUT2D eigenvalue weighted by Gasteiger charge is -2.38. The van der Waals surface area contributed by atoms with Gasteiger partial charge in [0.05, 0.1) is 0 Å². The molecule has 1 aromatic rings. The fourth-order valence-electron chi connectivity index (χ4n) is 2.71. The first kappa shape index (κ1) is 16.8. The Balaban J connectivity index is 2.04. The van der Waals surface area contributed by atoms with Gasteiger partial charge in [-0.05, 0) is 43.5 Å². The minimum absolute atomic E-state index is 0.173. The number of hydrogen-bond acceptors (Lipinski definition) is 3. The van der Waals surface area contributed by atoms with E-state index in [2.05, 4.69) is 5.32 Å². The Morgan fingerprint density at radius 1 is 1.36 bits per heavy atom. The van der Waals surface area contributed by atoms with E-state index in [0.29, 0.717) is 24.9 Å². The summed E-state index contributed by atoms with van der Waals surface area (Å²) >= 11 is 0. The van der Waals surface area contributed by atoms with E-state index in [1.807, 2.05) is 6.92 Å². The van der Waals surface area contributed by atoms with Crippen LogP contribution in [0.2, 0.25) is 0 Å². The van der Waals surface area contributed by atoms with Gasteiger partial charge in [0.1, 0.15) is 0 Å². The van der Waals surface area contributed by atoms with Crippen LogP contribution in [0.5, 0.6) is 0 Å². The summed E-state index contributed by atoms with van der Waals surface area (Å²) in [6.07, 6.45) is 2.01. The largest absolute Gasteiger partial charge is 0.379 e. The van der Waals surface area contributed by atoms with Gasteiger partial charge in [0.15, 0.2) is 17.2 Å². The highest BCUT2D eigenvalue weighted by atomic mass is 19.2. The molecule has 0 aromatic heterocycles. The van der Waals surface area contributed by atoms with Crippen molar-refractivity contribution >= 4 is 5.91 Å². The van der Waals surface area contributed by atoms with E-state index in [4.69, 9.17) is 0 Å². The molecular weight excluding hydrogens is 290 g/mol. The average molecular weight is 312 g/mol. The number of amides is 1. The summed E-state index contributed by atoms with van der Waals surface area (Å²) in [4.78, 5) is 14.0. The lowest BCUT2D eigenvalue weighted by atomic mass is 9.91. The van der Waals surface area contributed by atoms with Crippen LogP contribution in [-0.2, 0) is 11.3 Å². The lowest BCUT2D eigenvalue weighted by molar-refractivity contribution is -0.157. The molecule has 6 heteroatoms. The molecule has 22 heavy (non-hydrogen) atoms. The minimum Gasteiger partial charge on any atom is -0.379 e. The van der Waals surface area contributed by atoms with Crippen LogP contribution in [0.1, 0.15) is 31.7 Å². The molecule has 1 heterocycles. The SMILES string of the molecule is CCCNCC1(O)CCCN(Cc2ccc(F)c(F)c2)C1=O. The van der Waals surface area contributed by atoms with Crippen LogP contribution in [0.4, 0.5) is 8.78 Å². The van der Waals surface area contributed by atoms with Crippen LogP contribution in [0, 0.1) is 11.6 Å². The number of rotatable bonds is 6. The number of aliphatic hydroxyl groups is 1. The number of hydrogen-bond donors (Lipinski definition) is 2. The van der Waals surface area contributed by atoms with E-state index < -0.39 is 17.2 Å². The molecule has 2 N–H and O–H groups in total. The molecule has 1 saturated heterocycles. The molecule has 1 unspecified atom stereocenters. The number of likely N-dealkylation sites (tertiary alicyclic amines) is 1. The van der Waals surface area contributed by atoms with Crippen molar-refractivity contribution in [2.75, 3.05) is 19.6 Å². The normalized spacial score (nSPS) is 22.2. The third-order valence-corrected chi connectivity index (χ3v) is 3.91. The molecule has 1 aliphatic heterocycles. The van der Waals surface area contributed by atoms with E-state index in [0.717, 1.165) is 25.1 Å². The molecule has 1 aliphatic rings. The van der Waals surface area contributed by atoms with Gasteiger partial charge < -0.3 is 15.3 Å². The molecule has 0 saturated carbocycles. The lowest BCUT2D eigenvalue weighted by Crippen LogP contribution is -2.57. The van der Waals surface area contributed by atoms with E-state index in [9.17, 15) is 18.7 Å². The zero-order valence-electron chi connectivity index (χ0n) is 12.7. The fourth-order valence-corrected chi connectivity index (χ4v) is 2.71. The average Bonchev–Trinajstić information content (AvgIpc) is 2.48. The zero-order valence-corrected chi connectivity index (χ0v) is 12.7. The molecular formula is C16H22F2N2O2. The van der Waals surface area contributed by atoms with Gasteiger partial charge in [-0.1, -0.05) is 13.0 Å². The molecule has 1 atom stereocenters. The van der Waals surface area contributed by atoms with Crippen LogP contribution < -0.4 is 5.32 Å². The highest BCUT2D eigenvalue weighted by Gasteiger charge is 2.41. The second-order valence-electron chi connectivity index (χ2n) is 5.79. The number of nitrogens with zero attached hydrogens (tertiary/aromatic N) is 1. The molecule has 122 valence electrons. The van der Waals surface area contributed by atoms with Crippen molar-refractivity contribution in [3.05, 3.63) is 35.4 Å². The van der Waals surface area contributed by atoms with Gasteiger partial charge in [0.25, 0.3) is 5.91 Å². The Hall–Kier alpha value is -1.53. The highest BCUT2D eigenvalue weighted by Crippen LogP contribution is 2.24. The van der Waals surface area contributed by atoms with Gasteiger partial charge in [-0.15, -0.1) is 0 Å². The van der Waals surface area contributed by atoms with Crippen molar-refractivity contribution in [1.82, 2.24) is 10.2 Å². The van der Waals surface area contributed by atoms with Crippen molar-refractivity contribution in [3.63, 3.8) is 0 Å². The maximum Gasteiger partial charge on any atom is 0.256 e. The zero-order chi connectivity index (χ0) is 16.2. The first-order chi connectivity index (χ1) is 10.5. The number of halogens is 2. The van der Waals surface area contributed by atoms with Gasteiger partial charge >= 0.3 is 0 Å². The number of nitrogens with one attached hydrogen (secondary N) is 1. The van der Waals surface area contributed by atoms with Crippen LogP contribution in [0.25, 0.3) is 0 Å². The first-order valence-electron chi connectivity index (χ1n) is 7.62. The summed E-state index contributed by atoms with van der Waals surface area (Å²) in [5.41, 5.74) is -0.899. The molecule has 0 radical (unpaired) electrons. The predicted molar refractivity (Wildman–Crippen MR) is 79.1 cm³/mol. The summed E-state index contributed by atoms with van der Waals surface area (Å²) in [5.74, 6) is -2.19. The van der Waals surface area contributed by atoms with Crippen LogP contribution in [-0.4, -0.2) is 41.1 Å². The molecule has 2 rings (SSSR count). The quantitative estimate of drug-likeness (QED) is 0.788.